The molecule has 23 heavy (non-hydrogen) atoms. The number of likely N-dealkylation sites (tertiary alicyclic amines) is 1. The molecule has 0 spiro atoms. The smallest absolute Gasteiger partial charge is 0.191 e. The van der Waals surface area contributed by atoms with E-state index < -0.39 is 0 Å². The summed E-state index contributed by atoms with van der Waals surface area (Å²) in [5, 5.41) is 1.10. The number of fused-ring (bicyclic) bond motifs is 1. The molecule has 1 unspecified atom stereocenters. The predicted molar refractivity (Wildman–Crippen MR) is 94.8 cm³/mol. The van der Waals surface area contributed by atoms with E-state index >= 15 is 0 Å². The van der Waals surface area contributed by atoms with Crippen LogP contribution in [0.3, 0.4) is 0 Å². The van der Waals surface area contributed by atoms with E-state index in [4.69, 9.17) is 10.7 Å². The third-order valence-electron chi connectivity index (χ3n) is 4.81. The number of thiazole rings is 1. The van der Waals surface area contributed by atoms with Crippen LogP contribution in [0.4, 0.5) is 0 Å². The molecule has 1 saturated heterocycles. The first-order valence-electron chi connectivity index (χ1n) is 8.37. The molecular formula is C18H22N4S. The van der Waals surface area contributed by atoms with Crippen LogP contribution in [-0.2, 0) is 19.4 Å². The summed E-state index contributed by atoms with van der Waals surface area (Å²) in [6.45, 7) is 2.71. The second-order valence-electron chi connectivity index (χ2n) is 6.34. The summed E-state index contributed by atoms with van der Waals surface area (Å²) < 4.78 is 0. The van der Waals surface area contributed by atoms with Gasteiger partial charge >= 0.3 is 0 Å². The summed E-state index contributed by atoms with van der Waals surface area (Å²) in [7, 11) is 0. The van der Waals surface area contributed by atoms with Crippen molar-refractivity contribution in [2.45, 2.75) is 38.1 Å². The summed E-state index contributed by atoms with van der Waals surface area (Å²) in [5.41, 5.74) is 8.74. The number of hydrogen-bond donors (Lipinski definition) is 1. The van der Waals surface area contributed by atoms with Gasteiger partial charge in [-0.05, 0) is 37.2 Å². The number of nitrogens with zero attached hydrogens (tertiary/aromatic N) is 3. The zero-order valence-corrected chi connectivity index (χ0v) is 14.1. The summed E-state index contributed by atoms with van der Waals surface area (Å²) in [5.74, 6) is 1.30. The van der Waals surface area contributed by atoms with Crippen LogP contribution in [0.5, 0.6) is 0 Å². The second kappa shape index (κ2) is 6.32. The molecule has 1 fully saturated rings. The van der Waals surface area contributed by atoms with Crippen molar-refractivity contribution in [1.29, 1.82) is 0 Å². The molecule has 4 rings (SSSR count). The van der Waals surface area contributed by atoms with Gasteiger partial charge < -0.3 is 10.6 Å². The standard InChI is InChI=1S/C18H22N4S/c19-18(22-9-4-10-22)20-12-17-21-15-8-7-14(11-16(15)23-17)13-5-2-1-3-6-13/h1-3,5-6,14H,4,7-12H2,(H2,19,20). The number of guanidine groups is 1. The highest BCUT2D eigenvalue weighted by Crippen LogP contribution is 2.35. The van der Waals surface area contributed by atoms with E-state index in [-0.39, 0.29) is 0 Å². The number of hydrogen-bond acceptors (Lipinski definition) is 3. The van der Waals surface area contributed by atoms with Crippen molar-refractivity contribution >= 4 is 17.3 Å². The van der Waals surface area contributed by atoms with Gasteiger partial charge in [0.05, 0.1) is 12.2 Å². The van der Waals surface area contributed by atoms with Crippen LogP contribution in [0.25, 0.3) is 0 Å². The van der Waals surface area contributed by atoms with Gasteiger partial charge in [0.15, 0.2) is 5.96 Å². The van der Waals surface area contributed by atoms with Gasteiger partial charge in [-0.2, -0.15) is 0 Å². The third kappa shape index (κ3) is 3.11. The lowest BCUT2D eigenvalue weighted by Gasteiger charge is -2.31. The van der Waals surface area contributed by atoms with Crippen LogP contribution < -0.4 is 5.73 Å². The SMILES string of the molecule is NC(=NCc1nc2c(s1)CC(c1ccccc1)CC2)N1CCC1. The van der Waals surface area contributed by atoms with E-state index in [1.807, 2.05) is 11.3 Å². The number of nitrogens with two attached hydrogens (primary N) is 1. The average Bonchev–Trinajstić information content (AvgIpc) is 2.94. The summed E-state index contributed by atoms with van der Waals surface area (Å²) >= 11 is 1.82. The van der Waals surface area contributed by atoms with E-state index in [0.29, 0.717) is 18.4 Å². The van der Waals surface area contributed by atoms with Gasteiger partial charge in [-0.15, -0.1) is 11.3 Å². The Kier molecular flexibility index (Phi) is 4.04. The zero-order valence-electron chi connectivity index (χ0n) is 13.2. The Labute approximate surface area is 141 Å². The fourth-order valence-electron chi connectivity index (χ4n) is 3.30. The van der Waals surface area contributed by atoms with Crippen molar-refractivity contribution in [3.05, 3.63) is 51.5 Å². The van der Waals surface area contributed by atoms with Crippen molar-refractivity contribution in [2.75, 3.05) is 13.1 Å². The minimum absolute atomic E-state index is 0.621. The molecule has 1 aromatic carbocycles. The van der Waals surface area contributed by atoms with Gasteiger partial charge in [-0.25, -0.2) is 9.98 Å². The fraction of sp³-hybridized carbons (Fsp3) is 0.444. The summed E-state index contributed by atoms with van der Waals surface area (Å²) in [6, 6.07) is 10.8. The molecule has 0 radical (unpaired) electrons. The average molecular weight is 326 g/mol. The molecular weight excluding hydrogens is 304 g/mol. The Balaban J connectivity index is 1.45. The predicted octanol–water partition coefficient (Wildman–Crippen LogP) is 2.94. The molecule has 5 heteroatoms. The molecule has 0 amide bonds. The number of benzene rings is 1. The number of rotatable bonds is 3. The van der Waals surface area contributed by atoms with E-state index in [9.17, 15) is 0 Å². The van der Waals surface area contributed by atoms with Crippen molar-refractivity contribution in [3.8, 4) is 0 Å². The number of aliphatic imine (C=N–C) groups is 1. The monoisotopic (exact) mass is 326 g/mol. The highest BCUT2D eigenvalue weighted by Gasteiger charge is 2.23. The molecule has 1 aromatic heterocycles. The molecule has 120 valence electrons. The van der Waals surface area contributed by atoms with Gasteiger partial charge in [0, 0.05) is 18.0 Å². The molecule has 2 heterocycles. The van der Waals surface area contributed by atoms with Gasteiger partial charge in [-0.1, -0.05) is 30.3 Å². The fourth-order valence-corrected chi connectivity index (χ4v) is 4.42. The van der Waals surface area contributed by atoms with Crippen LogP contribution >= 0.6 is 11.3 Å². The van der Waals surface area contributed by atoms with E-state index in [1.54, 1.807) is 0 Å². The van der Waals surface area contributed by atoms with Crippen LogP contribution in [0.2, 0.25) is 0 Å². The third-order valence-corrected chi connectivity index (χ3v) is 5.92. The summed E-state index contributed by atoms with van der Waals surface area (Å²) in [4.78, 5) is 12.9. The molecule has 2 N–H and O–H groups in total. The number of aryl methyl sites for hydroxylation is 1. The Morgan fingerprint density at radius 3 is 2.87 bits per heavy atom. The molecule has 2 aromatic rings. The van der Waals surface area contributed by atoms with Crippen molar-refractivity contribution in [3.63, 3.8) is 0 Å². The normalized spacial score (nSPS) is 21.0. The van der Waals surface area contributed by atoms with Crippen molar-refractivity contribution < 1.29 is 0 Å². The van der Waals surface area contributed by atoms with E-state index in [1.165, 1.54) is 29.0 Å². The van der Waals surface area contributed by atoms with E-state index in [2.05, 4.69) is 40.2 Å². The summed E-state index contributed by atoms with van der Waals surface area (Å²) in [6.07, 6.45) is 4.61. The lowest BCUT2D eigenvalue weighted by Crippen LogP contribution is -2.46. The molecule has 1 atom stereocenters. The highest BCUT2D eigenvalue weighted by atomic mass is 32.1. The van der Waals surface area contributed by atoms with Gasteiger partial charge in [0.25, 0.3) is 0 Å². The number of aromatic nitrogens is 1. The Hall–Kier alpha value is -1.88. The molecule has 2 aliphatic rings. The molecule has 0 bridgehead atoms. The minimum atomic E-state index is 0.621. The molecule has 0 saturated carbocycles. The van der Waals surface area contributed by atoms with Gasteiger partial charge in [0.2, 0.25) is 0 Å². The largest absolute Gasteiger partial charge is 0.370 e. The quantitative estimate of drug-likeness (QED) is 0.697. The van der Waals surface area contributed by atoms with Crippen LogP contribution in [0.1, 0.15) is 39.9 Å². The Morgan fingerprint density at radius 2 is 2.13 bits per heavy atom. The molecule has 1 aliphatic heterocycles. The van der Waals surface area contributed by atoms with Crippen molar-refractivity contribution in [1.82, 2.24) is 9.88 Å². The maximum absolute atomic E-state index is 6.00. The zero-order chi connectivity index (χ0) is 15.6. The second-order valence-corrected chi connectivity index (χ2v) is 7.51. The topological polar surface area (TPSA) is 54.5 Å². The Morgan fingerprint density at radius 1 is 1.30 bits per heavy atom. The van der Waals surface area contributed by atoms with E-state index in [0.717, 1.165) is 30.9 Å². The minimum Gasteiger partial charge on any atom is -0.370 e. The van der Waals surface area contributed by atoms with Crippen LogP contribution in [-0.4, -0.2) is 28.9 Å². The maximum atomic E-state index is 6.00. The first-order valence-corrected chi connectivity index (χ1v) is 9.18. The first-order chi connectivity index (χ1) is 11.3. The lowest BCUT2D eigenvalue weighted by molar-refractivity contribution is 0.295. The van der Waals surface area contributed by atoms with Crippen molar-refractivity contribution in [2.24, 2.45) is 10.7 Å². The van der Waals surface area contributed by atoms with Gasteiger partial charge in [0.1, 0.15) is 5.01 Å². The molecule has 1 aliphatic carbocycles. The Bertz CT molecular complexity index is 703. The maximum Gasteiger partial charge on any atom is 0.191 e. The lowest BCUT2D eigenvalue weighted by atomic mass is 9.85. The molecule has 4 nitrogen and oxygen atoms in total. The highest BCUT2D eigenvalue weighted by molar-refractivity contribution is 7.11. The van der Waals surface area contributed by atoms with Crippen LogP contribution in [0, 0.1) is 0 Å². The first kappa shape index (κ1) is 14.7. The van der Waals surface area contributed by atoms with Crippen LogP contribution in [0.15, 0.2) is 35.3 Å². The van der Waals surface area contributed by atoms with Gasteiger partial charge in [-0.3, -0.25) is 0 Å².